The molecule has 0 aliphatic carbocycles. The molecular weight excluding hydrogens is 415 g/mol. The van der Waals surface area contributed by atoms with Crippen LogP contribution in [0.25, 0.3) is 15.9 Å². The maximum atomic E-state index is 12.5. The van der Waals surface area contributed by atoms with Crippen LogP contribution in [0.15, 0.2) is 59.7 Å². The molecule has 5 nitrogen and oxygen atoms in total. The minimum Gasteiger partial charge on any atom is -0.266 e. The zero-order chi connectivity index (χ0) is 19.7. The first-order valence-electron chi connectivity index (χ1n) is 8.36. The monoisotopic (exact) mass is 428 g/mol. The summed E-state index contributed by atoms with van der Waals surface area (Å²) in [7, 11) is 0. The number of nitrogens with zero attached hydrogens (tertiary/aromatic N) is 3. The van der Waals surface area contributed by atoms with Crippen LogP contribution in [0.2, 0.25) is 10.0 Å². The van der Waals surface area contributed by atoms with E-state index < -0.39 is 0 Å². The Morgan fingerprint density at radius 3 is 2.71 bits per heavy atom. The first-order chi connectivity index (χ1) is 13.5. The van der Waals surface area contributed by atoms with Gasteiger partial charge in [-0.3, -0.25) is 4.79 Å². The van der Waals surface area contributed by atoms with Gasteiger partial charge in [0.1, 0.15) is 4.83 Å². The van der Waals surface area contributed by atoms with Crippen LogP contribution in [0.4, 0.5) is 0 Å². The first-order valence-corrected chi connectivity index (χ1v) is 9.93. The zero-order valence-corrected chi connectivity index (χ0v) is 17.0. The highest BCUT2D eigenvalue weighted by atomic mass is 35.5. The third-order valence-electron chi connectivity index (χ3n) is 4.10. The summed E-state index contributed by atoms with van der Waals surface area (Å²) in [6.45, 7) is 1.93. The number of hydrogen-bond acceptors (Lipinski definition) is 4. The van der Waals surface area contributed by atoms with Gasteiger partial charge in [0, 0.05) is 16.0 Å². The molecule has 28 heavy (non-hydrogen) atoms. The van der Waals surface area contributed by atoms with E-state index >= 15 is 0 Å². The first kappa shape index (κ1) is 18.7. The van der Waals surface area contributed by atoms with Crippen molar-refractivity contribution in [2.24, 2.45) is 5.10 Å². The van der Waals surface area contributed by atoms with Crippen molar-refractivity contribution in [1.29, 1.82) is 0 Å². The van der Waals surface area contributed by atoms with Crippen molar-refractivity contribution in [3.05, 3.63) is 80.8 Å². The third kappa shape index (κ3) is 3.67. The molecule has 2 aromatic heterocycles. The van der Waals surface area contributed by atoms with E-state index in [1.165, 1.54) is 17.6 Å². The molecule has 0 saturated carbocycles. The molecule has 0 unspecified atom stereocenters. The highest BCUT2D eigenvalue weighted by molar-refractivity contribution is 7.20. The number of carbonyl (C=O) groups excluding carboxylic acids is 1. The van der Waals surface area contributed by atoms with E-state index in [0.717, 1.165) is 21.6 Å². The highest BCUT2D eigenvalue weighted by Gasteiger charge is 2.16. The molecule has 2 heterocycles. The number of amides is 1. The average molecular weight is 429 g/mol. The van der Waals surface area contributed by atoms with Gasteiger partial charge in [-0.2, -0.15) is 10.2 Å². The molecule has 140 valence electrons. The molecule has 0 spiro atoms. The van der Waals surface area contributed by atoms with Crippen LogP contribution >= 0.6 is 34.5 Å². The van der Waals surface area contributed by atoms with Crippen LogP contribution < -0.4 is 5.43 Å². The molecule has 1 N–H and O–H groups in total. The van der Waals surface area contributed by atoms with Crippen molar-refractivity contribution in [3.8, 4) is 5.69 Å². The second kappa shape index (κ2) is 7.75. The zero-order valence-electron chi connectivity index (χ0n) is 14.7. The van der Waals surface area contributed by atoms with Crippen molar-refractivity contribution < 1.29 is 4.79 Å². The van der Waals surface area contributed by atoms with Gasteiger partial charge in [-0.1, -0.05) is 47.5 Å². The normalized spacial score (nSPS) is 11.4. The fourth-order valence-electron chi connectivity index (χ4n) is 2.73. The van der Waals surface area contributed by atoms with Gasteiger partial charge in [0.05, 0.1) is 27.5 Å². The molecule has 0 aliphatic rings. The summed E-state index contributed by atoms with van der Waals surface area (Å²) in [5, 5.41) is 10.5. The van der Waals surface area contributed by atoms with Crippen molar-refractivity contribution in [1.82, 2.24) is 15.2 Å². The van der Waals surface area contributed by atoms with E-state index in [0.29, 0.717) is 20.5 Å². The molecule has 0 radical (unpaired) electrons. The molecule has 0 atom stereocenters. The van der Waals surface area contributed by atoms with Gasteiger partial charge in [-0.25, -0.2) is 10.1 Å². The lowest BCUT2D eigenvalue weighted by atomic mass is 10.2. The standard InChI is InChI=1S/C20H14Cl2N4OS/c1-12-16-10-18(28-20(16)26(25-12)15-5-3-2-4-6-15)19(27)24-23-11-13-7-8-14(21)9-17(13)22/h2-11H,1H3,(H,24,27)/b23-11+. The van der Waals surface area contributed by atoms with Gasteiger partial charge in [0.2, 0.25) is 0 Å². The molecule has 4 aromatic rings. The fourth-order valence-corrected chi connectivity index (χ4v) is 4.26. The Balaban J connectivity index is 1.57. The fraction of sp³-hybridized carbons (Fsp3) is 0.0500. The average Bonchev–Trinajstić information content (AvgIpc) is 3.25. The maximum Gasteiger partial charge on any atom is 0.281 e. The lowest BCUT2D eigenvalue weighted by Gasteiger charge is -2.01. The molecule has 4 rings (SSSR count). The van der Waals surface area contributed by atoms with E-state index in [1.807, 2.05) is 48.0 Å². The Labute approximate surface area is 175 Å². The van der Waals surface area contributed by atoms with E-state index in [2.05, 4.69) is 15.6 Å². The quantitative estimate of drug-likeness (QED) is 0.346. The lowest BCUT2D eigenvalue weighted by molar-refractivity contribution is 0.0959. The molecule has 1 amide bonds. The molecule has 8 heteroatoms. The van der Waals surface area contributed by atoms with Gasteiger partial charge in [0.25, 0.3) is 5.91 Å². The number of rotatable bonds is 4. The Morgan fingerprint density at radius 1 is 1.18 bits per heavy atom. The van der Waals surface area contributed by atoms with Crippen molar-refractivity contribution in [2.45, 2.75) is 6.92 Å². The Morgan fingerprint density at radius 2 is 1.96 bits per heavy atom. The maximum absolute atomic E-state index is 12.5. The van der Waals surface area contributed by atoms with Crippen LogP contribution in [0, 0.1) is 6.92 Å². The number of aromatic nitrogens is 2. The summed E-state index contributed by atoms with van der Waals surface area (Å²) >= 11 is 13.3. The second-order valence-electron chi connectivity index (χ2n) is 6.03. The molecule has 0 aliphatic heterocycles. The van der Waals surface area contributed by atoms with Gasteiger partial charge in [-0.15, -0.1) is 11.3 Å². The summed E-state index contributed by atoms with van der Waals surface area (Å²) < 4.78 is 1.85. The number of hydrazone groups is 1. The van der Waals surface area contributed by atoms with E-state index in [4.69, 9.17) is 23.2 Å². The molecule has 0 fully saturated rings. The van der Waals surface area contributed by atoms with Crippen molar-refractivity contribution >= 4 is 56.9 Å². The van der Waals surface area contributed by atoms with Gasteiger partial charge < -0.3 is 0 Å². The SMILES string of the molecule is Cc1nn(-c2ccccc2)c2sc(C(=O)N/N=C/c3ccc(Cl)cc3Cl)cc12. The Kier molecular flexibility index (Phi) is 5.17. The van der Waals surface area contributed by atoms with Crippen LogP contribution in [0.1, 0.15) is 20.9 Å². The summed E-state index contributed by atoms with van der Waals surface area (Å²) in [5.74, 6) is -0.290. The number of carbonyl (C=O) groups is 1. The Bertz CT molecular complexity index is 1200. The number of aryl methyl sites for hydroxylation is 1. The topological polar surface area (TPSA) is 59.3 Å². The summed E-state index contributed by atoms with van der Waals surface area (Å²) in [6.07, 6.45) is 1.49. The number of hydrogen-bond donors (Lipinski definition) is 1. The van der Waals surface area contributed by atoms with Gasteiger partial charge >= 0.3 is 0 Å². The minimum absolute atomic E-state index is 0.290. The van der Waals surface area contributed by atoms with Crippen molar-refractivity contribution in [2.75, 3.05) is 0 Å². The minimum atomic E-state index is -0.290. The van der Waals surface area contributed by atoms with Crippen molar-refractivity contribution in [3.63, 3.8) is 0 Å². The van der Waals surface area contributed by atoms with Gasteiger partial charge in [0.15, 0.2) is 0 Å². The van der Waals surface area contributed by atoms with Crippen LogP contribution in [-0.2, 0) is 0 Å². The van der Waals surface area contributed by atoms with Crippen LogP contribution in [0.5, 0.6) is 0 Å². The summed E-state index contributed by atoms with van der Waals surface area (Å²) in [6, 6.07) is 16.7. The largest absolute Gasteiger partial charge is 0.281 e. The van der Waals surface area contributed by atoms with E-state index in [-0.39, 0.29) is 5.91 Å². The number of halogens is 2. The summed E-state index contributed by atoms with van der Waals surface area (Å²) in [5.41, 5.74) is 5.02. The van der Waals surface area contributed by atoms with Crippen LogP contribution in [0.3, 0.4) is 0 Å². The molecule has 2 aromatic carbocycles. The number of thiophene rings is 1. The predicted molar refractivity (Wildman–Crippen MR) is 115 cm³/mol. The Hall–Kier alpha value is -2.67. The second-order valence-corrected chi connectivity index (χ2v) is 7.90. The smallest absolute Gasteiger partial charge is 0.266 e. The number of nitrogens with one attached hydrogen (secondary N) is 1. The molecule has 0 bridgehead atoms. The lowest BCUT2D eigenvalue weighted by Crippen LogP contribution is -2.16. The number of para-hydroxylation sites is 1. The molecular formula is C20H14Cl2N4OS. The predicted octanol–water partition coefficient (Wildman–Crippen LogP) is 5.47. The number of fused-ring (bicyclic) bond motifs is 1. The van der Waals surface area contributed by atoms with E-state index in [9.17, 15) is 4.79 Å². The highest BCUT2D eigenvalue weighted by Crippen LogP contribution is 2.30. The van der Waals surface area contributed by atoms with Gasteiger partial charge in [-0.05, 0) is 37.3 Å². The summed E-state index contributed by atoms with van der Waals surface area (Å²) in [4.78, 5) is 14.0. The third-order valence-corrected chi connectivity index (χ3v) is 5.77. The van der Waals surface area contributed by atoms with Crippen LogP contribution in [-0.4, -0.2) is 21.9 Å². The molecule has 0 saturated heterocycles. The van der Waals surface area contributed by atoms with E-state index in [1.54, 1.807) is 18.2 Å². The number of benzene rings is 2.